The predicted molar refractivity (Wildman–Crippen MR) is 109 cm³/mol. The van der Waals surface area contributed by atoms with Gasteiger partial charge in [-0.15, -0.1) is 0 Å². The van der Waals surface area contributed by atoms with Gasteiger partial charge in [0.2, 0.25) is 5.91 Å². The third-order valence-electron chi connectivity index (χ3n) is 4.91. The number of aromatic nitrogens is 2. The number of anilines is 1. The predicted octanol–water partition coefficient (Wildman–Crippen LogP) is 4.31. The van der Waals surface area contributed by atoms with Gasteiger partial charge in [-0.3, -0.25) is 9.48 Å². The van der Waals surface area contributed by atoms with Crippen LogP contribution in [0.4, 0.5) is 18.9 Å². The summed E-state index contributed by atoms with van der Waals surface area (Å²) in [6, 6.07) is 2.69. The number of nitrogens with zero attached hydrogens (tertiary/aromatic N) is 2. The largest absolute Gasteiger partial charge is 0.465 e. The number of ether oxygens (including phenoxy) is 2. The number of esters is 2. The Morgan fingerprint density at radius 1 is 1.12 bits per heavy atom. The molecule has 1 saturated carbocycles. The van der Waals surface area contributed by atoms with Crippen LogP contribution < -0.4 is 5.32 Å². The number of hydrogen-bond acceptors (Lipinski definition) is 6. The first kappa shape index (κ1) is 23.8. The number of alkyl halides is 3. The fourth-order valence-corrected chi connectivity index (χ4v) is 3.97. The summed E-state index contributed by atoms with van der Waals surface area (Å²) < 4.78 is 50.2. The number of amides is 1. The molecule has 2 aromatic rings. The first-order valence-corrected chi connectivity index (χ1v) is 10.2. The Hall–Kier alpha value is -2.89. The molecule has 32 heavy (non-hydrogen) atoms. The van der Waals surface area contributed by atoms with Gasteiger partial charge in [0.15, 0.2) is 5.69 Å². The molecule has 0 spiro atoms. The van der Waals surface area contributed by atoms with E-state index in [1.165, 1.54) is 25.1 Å². The fourth-order valence-electron chi connectivity index (χ4n) is 3.16. The maximum absolute atomic E-state index is 13.4. The van der Waals surface area contributed by atoms with E-state index in [0.29, 0.717) is 18.5 Å². The lowest BCUT2D eigenvalue weighted by molar-refractivity contribution is -0.142. The molecule has 1 heterocycles. The summed E-state index contributed by atoms with van der Waals surface area (Å²) in [7, 11) is 2.31. The van der Waals surface area contributed by atoms with Crippen molar-refractivity contribution in [1.82, 2.24) is 9.78 Å². The molecule has 0 saturated heterocycles. The van der Waals surface area contributed by atoms with Crippen molar-refractivity contribution in [2.24, 2.45) is 0 Å². The molecule has 1 fully saturated rings. The Labute approximate surface area is 189 Å². The highest BCUT2D eigenvalue weighted by Gasteiger charge is 2.43. The van der Waals surface area contributed by atoms with Crippen LogP contribution in [0.2, 0.25) is 0 Å². The van der Waals surface area contributed by atoms with Crippen LogP contribution in [0, 0.1) is 0 Å². The molecule has 0 bridgehead atoms. The smallest absolute Gasteiger partial charge is 0.436 e. The van der Waals surface area contributed by atoms with E-state index >= 15 is 0 Å². The number of benzene rings is 1. The standard InChI is InChI=1S/C20H19BrF3N3O5/c1-9(27-15(10-4-5-10)14(21)16(26-27)20(22,23)24)17(28)25-13-7-11(18(29)31-2)6-12(8-13)19(30)32-3/h6-10H,4-5H2,1-3H3,(H,25,28). The Balaban J connectivity index is 1.94. The molecule has 1 unspecified atom stereocenters. The van der Waals surface area contributed by atoms with Crippen LogP contribution >= 0.6 is 15.9 Å². The van der Waals surface area contributed by atoms with Crippen molar-refractivity contribution < 1.29 is 37.0 Å². The van der Waals surface area contributed by atoms with Crippen LogP contribution in [0.15, 0.2) is 22.7 Å². The van der Waals surface area contributed by atoms with E-state index in [-0.39, 0.29) is 27.2 Å². The highest BCUT2D eigenvalue weighted by Crippen LogP contribution is 2.47. The Morgan fingerprint density at radius 2 is 1.66 bits per heavy atom. The number of hydrogen-bond donors (Lipinski definition) is 1. The lowest BCUT2D eigenvalue weighted by Crippen LogP contribution is -2.26. The molecule has 1 aromatic heterocycles. The van der Waals surface area contributed by atoms with Crippen LogP contribution in [0.1, 0.15) is 63.8 Å². The number of halogens is 4. The number of carbonyl (C=O) groups is 3. The SMILES string of the molecule is COC(=O)c1cc(NC(=O)C(C)n2nc(C(F)(F)F)c(Br)c2C2CC2)cc(C(=O)OC)c1. The molecule has 3 rings (SSSR count). The summed E-state index contributed by atoms with van der Waals surface area (Å²) >= 11 is 2.99. The lowest BCUT2D eigenvalue weighted by Gasteiger charge is -2.16. The van der Waals surface area contributed by atoms with Crippen LogP contribution in [-0.2, 0) is 20.4 Å². The van der Waals surface area contributed by atoms with Gasteiger partial charge >= 0.3 is 18.1 Å². The van der Waals surface area contributed by atoms with Crippen LogP contribution in [0.3, 0.4) is 0 Å². The molecular weight excluding hydrogens is 499 g/mol. The topological polar surface area (TPSA) is 99.5 Å². The van der Waals surface area contributed by atoms with Gasteiger partial charge in [-0.2, -0.15) is 18.3 Å². The third-order valence-corrected chi connectivity index (χ3v) is 5.69. The van der Waals surface area contributed by atoms with Crippen molar-refractivity contribution in [3.63, 3.8) is 0 Å². The molecule has 12 heteroatoms. The van der Waals surface area contributed by atoms with Crippen molar-refractivity contribution in [1.29, 1.82) is 0 Å². The molecule has 172 valence electrons. The van der Waals surface area contributed by atoms with Crippen molar-refractivity contribution in [2.75, 3.05) is 19.5 Å². The zero-order valence-electron chi connectivity index (χ0n) is 17.2. The maximum Gasteiger partial charge on any atom is 0.436 e. The second kappa shape index (κ2) is 8.93. The summed E-state index contributed by atoms with van der Waals surface area (Å²) in [5.41, 5.74) is -0.755. The second-order valence-electron chi connectivity index (χ2n) is 7.21. The van der Waals surface area contributed by atoms with E-state index in [0.717, 1.165) is 18.9 Å². The molecule has 1 N–H and O–H groups in total. The molecule has 1 aliphatic rings. The van der Waals surface area contributed by atoms with E-state index in [1.807, 2.05) is 0 Å². The lowest BCUT2D eigenvalue weighted by atomic mass is 10.1. The molecular formula is C20H19BrF3N3O5. The van der Waals surface area contributed by atoms with Crippen molar-refractivity contribution in [3.05, 3.63) is 45.2 Å². The molecule has 8 nitrogen and oxygen atoms in total. The van der Waals surface area contributed by atoms with Crippen LogP contribution in [-0.4, -0.2) is 41.8 Å². The van der Waals surface area contributed by atoms with Gasteiger partial charge in [0, 0.05) is 11.6 Å². The Kier molecular flexibility index (Phi) is 6.63. The van der Waals surface area contributed by atoms with Crippen LogP contribution in [0.25, 0.3) is 0 Å². The first-order chi connectivity index (χ1) is 15.0. The minimum absolute atomic E-state index is 0.0155. The number of rotatable bonds is 6. The zero-order chi connectivity index (χ0) is 23.8. The van der Waals surface area contributed by atoms with Gasteiger partial charge in [-0.25, -0.2) is 9.59 Å². The highest BCUT2D eigenvalue weighted by atomic mass is 79.9. The summed E-state index contributed by atoms with van der Waals surface area (Å²) in [4.78, 5) is 36.7. The molecule has 1 aromatic carbocycles. The molecule has 1 amide bonds. The average molecular weight is 518 g/mol. The van der Waals surface area contributed by atoms with E-state index < -0.39 is 35.8 Å². The Bertz CT molecular complexity index is 1040. The van der Waals surface area contributed by atoms with E-state index in [2.05, 4.69) is 35.8 Å². The quantitative estimate of drug-likeness (QED) is 0.573. The van der Waals surface area contributed by atoms with Crippen LogP contribution in [0.5, 0.6) is 0 Å². The zero-order valence-corrected chi connectivity index (χ0v) is 18.8. The summed E-state index contributed by atoms with van der Waals surface area (Å²) in [6.45, 7) is 1.41. The molecule has 1 aliphatic carbocycles. The monoisotopic (exact) mass is 517 g/mol. The van der Waals surface area contributed by atoms with Gasteiger partial charge in [-0.05, 0) is 53.9 Å². The van der Waals surface area contributed by atoms with Crippen molar-refractivity contribution in [3.8, 4) is 0 Å². The number of methoxy groups -OCH3 is 2. The van der Waals surface area contributed by atoms with E-state index in [1.54, 1.807) is 0 Å². The van der Waals surface area contributed by atoms with Gasteiger partial charge in [-0.1, -0.05) is 0 Å². The van der Waals surface area contributed by atoms with Gasteiger partial charge in [0.25, 0.3) is 0 Å². The summed E-state index contributed by atoms with van der Waals surface area (Å²) in [5, 5.41) is 6.18. The van der Waals surface area contributed by atoms with E-state index in [9.17, 15) is 27.6 Å². The minimum Gasteiger partial charge on any atom is -0.465 e. The number of nitrogens with one attached hydrogen (secondary N) is 1. The molecule has 0 aliphatic heterocycles. The van der Waals surface area contributed by atoms with Gasteiger partial charge < -0.3 is 14.8 Å². The number of carbonyl (C=O) groups excluding carboxylic acids is 3. The molecule has 1 atom stereocenters. The van der Waals surface area contributed by atoms with Crippen molar-refractivity contribution >= 4 is 39.5 Å². The average Bonchev–Trinajstić information content (AvgIpc) is 3.52. The van der Waals surface area contributed by atoms with Gasteiger partial charge in [0.1, 0.15) is 6.04 Å². The van der Waals surface area contributed by atoms with Gasteiger partial charge in [0.05, 0.1) is 35.5 Å². The third kappa shape index (κ3) is 4.79. The Morgan fingerprint density at radius 3 is 2.09 bits per heavy atom. The fraction of sp³-hybridized carbons (Fsp3) is 0.400. The highest BCUT2D eigenvalue weighted by molar-refractivity contribution is 9.10. The first-order valence-electron chi connectivity index (χ1n) is 9.45. The minimum atomic E-state index is -4.69. The van der Waals surface area contributed by atoms with Crippen molar-refractivity contribution in [2.45, 2.75) is 37.9 Å². The summed E-state index contributed by atoms with van der Waals surface area (Å²) in [5.74, 6) is -2.31. The maximum atomic E-state index is 13.4. The summed E-state index contributed by atoms with van der Waals surface area (Å²) in [6.07, 6.45) is -3.30. The van der Waals surface area contributed by atoms with E-state index in [4.69, 9.17) is 0 Å². The second-order valence-corrected chi connectivity index (χ2v) is 8.00. The molecule has 0 radical (unpaired) electrons. The normalized spacial score (nSPS) is 14.6.